The van der Waals surface area contributed by atoms with Crippen molar-refractivity contribution in [1.29, 1.82) is 0 Å². The minimum absolute atomic E-state index is 0.0118. The van der Waals surface area contributed by atoms with Gasteiger partial charge in [-0.3, -0.25) is 9.59 Å². The van der Waals surface area contributed by atoms with Gasteiger partial charge in [0.1, 0.15) is 4.75 Å². The van der Waals surface area contributed by atoms with Crippen LogP contribution in [0.25, 0.3) is 0 Å². The molecule has 0 aromatic rings. The molecule has 3 fully saturated rings. The second-order valence-electron chi connectivity index (χ2n) is 7.77. The Balaban J connectivity index is 1.38. The Hall–Kier alpha value is -1.04. The zero-order chi connectivity index (χ0) is 16.0. The number of hydrogen-bond donors (Lipinski definition) is 1. The van der Waals surface area contributed by atoms with Crippen LogP contribution in [0.3, 0.4) is 0 Å². The molecule has 1 saturated heterocycles. The molecule has 2 aliphatic heterocycles. The molecule has 0 radical (unpaired) electrons. The van der Waals surface area contributed by atoms with Gasteiger partial charge >= 0.3 is 0 Å². The summed E-state index contributed by atoms with van der Waals surface area (Å²) in [7, 11) is 0. The molecule has 23 heavy (non-hydrogen) atoms. The number of likely N-dealkylation sites (tertiary alicyclic amines) is 1. The standard InChI is InChI=1S/C17H25N3O2S/c1-17(13-4-6-20(10-21)7-5-13)15(22)19-16(23-17)18-14-9-11-2-3-12(14)8-11/h10-14H,2-9H2,1H3,(H,18,19,22)/t11-,12?,14+,17?/m1/s1. The Morgan fingerprint density at radius 1 is 1.26 bits per heavy atom. The molecule has 2 bridgehead atoms. The van der Waals surface area contributed by atoms with Gasteiger partial charge in [0.2, 0.25) is 6.41 Å². The molecule has 4 aliphatic rings. The molecule has 2 heterocycles. The summed E-state index contributed by atoms with van der Waals surface area (Å²) in [5, 5.41) is 4.42. The number of amidine groups is 1. The third kappa shape index (κ3) is 2.69. The van der Waals surface area contributed by atoms with Crippen molar-refractivity contribution in [2.24, 2.45) is 22.7 Å². The summed E-state index contributed by atoms with van der Waals surface area (Å²) >= 11 is 1.63. The number of nitrogens with zero attached hydrogens (tertiary/aromatic N) is 2. The van der Waals surface area contributed by atoms with Gasteiger partial charge in [-0.05, 0) is 56.8 Å². The van der Waals surface area contributed by atoms with Crippen LogP contribution in [-0.4, -0.2) is 46.3 Å². The van der Waals surface area contributed by atoms with Gasteiger partial charge in [0.15, 0.2) is 5.17 Å². The first-order valence-electron chi connectivity index (χ1n) is 8.86. The average Bonchev–Trinajstić information content (AvgIpc) is 3.24. The molecule has 0 aromatic carbocycles. The summed E-state index contributed by atoms with van der Waals surface area (Å²) in [5.41, 5.74) is 0. The first kappa shape index (κ1) is 15.5. The number of carbonyl (C=O) groups is 2. The lowest BCUT2D eigenvalue weighted by molar-refractivity contribution is -0.122. The van der Waals surface area contributed by atoms with Crippen molar-refractivity contribution in [2.45, 2.75) is 56.2 Å². The molecule has 0 aromatic heterocycles. The number of fused-ring (bicyclic) bond motifs is 2. The van der Waals surface area contributed by atoms with Gasteiger partial charge in [-0.1, -0.05) is 18.2 Å². The summed E-state index contributed by atoms with van der Waals surface area (Å²) in [6.45, 7) is 3.56. The van der Waals surface area contributed by atoms with Crippen LogP contribution in [0.15, 0.2) is 4.99 Å². The van der Waals surface area contributed by atoms with Crippen LogP contribution in [0.4, 0.5) is 0 Å². The van der Waals surface area contributed by atoms with Crippen molar-refractivity contribution in [3.05, 3.63) is 0 Å². The van der Waals surface area contributed by atoms with Crippen LogP contribution in [0.1, 0.15) is 45.4 Å². The molecule has 2 aliphatic carbocycles. The summed E-state index contributed by atoms with van der Waals surface area (Å²) in [6.07, 6.45) is 8.01. The SMILES string of the molecule is CC1(C2CCN(C=O)CC2)SC(N[C@H]2C[C@@H]3CCC2C3)=NC1=O. The Morgan fingerprint density at radius 3 is 2.65 bits per heavy atom. The van der Waals surface area contributed by atoms with Crippen molar-refractivity contribution in [2.75, 3.05) is 13.1 Å². The van der Waals surface area contributed by atoms with Crippen LogP contribution < -0.4 is 5.32 Å². The Bertz CT molecular complexity index is 544. The molecule has 2 unspecified atom stereocenters. The minimum Gasteiger partial charge on any atom is -0.361 e. The van der Waals surface area contributed by atoms with Crippen LogP contribution in [0, 0.1) is 17.8 Å². The van der Waals surface area contributed by atoms with Crippen molar-refractivity contribution < 1.29 is 9.59 Å². The highest BCUT2D eigenvalue weighted by atomic mass is 32.2. The zero-order valence-electron chi connectivity index (χ0n) is 13.7. The lowest BCUT2D eigenvalue weighted by Gasteiger charge is -2.37. The summed E-state index contributed by atoms with van der Waals surface area (Å²) < 4.78 is -0.449. The van der Waals surface area contributed by atoms with Crippen molar-refractivity contribution in [3.63, 3.8) is 0 Å². The van der Waals surface area contributed by atoms with E-state index in [4.69, 9.17) is 0 Å². The fourth-order valence-corrected chi connectivity index (χ4v) is 6.20. The van der Waals surface area contributed by atoms with Gasteiger partial charge in [0.05, 0.1) is 0 Å². The molecule has 6 heteroatoms. The molecular weight excluding hydrogens is 310 g/mol. The summed E-state index contributed by atoms with van der Waals surface area (Å²) in [4.78, 5) is 29.6. The number of aliphatic imine (C=N–C) groups is 1. The van der Waals surface area contributed by atoms with Gasteiger partial charge < -0.3 is 10.2 Å². The molecule has 0 spiro atoms. The van der Waals surface area contributed by atoms with Crippen molar-refractivity contribution in [3.8, 4) is 0 Å². The fraction of sp³-hybridized carbons (Fsp3) is 0.824. The molecule has 2 amide bonds. The summed E-state index contributed by atoms with van der Waals surface area (Å²) in [6, 6.07) is 0.520. The minimum atomic E-state index is -0.449. The number of nitrogens with one attached hydrogen (secondary N) is 1. The highest BCUT2D eigenvalue weighted by Gasteiger charge is 2.49. The number of hydrogen-bond acceptors (Lipinski definition) is 4. The number of piperidine rings is 1. The van der Waals surface area contributed by atoms with E-state index in [1.165, 1.54) is 25.7 Å². The highest BCUT2D eigenvalue weighted by Crippen LogP contribution is 2.47. The monoisotopic (exact) mass is 335 g/mol. The summed E-state index contributed by atoms with van der Waals surface area (Å²) in [5.74, 6) is 1.98. The van der Waals surface area contributed by atoms with E-state index in [0.717, 1.165) is 49.3 Å². The molecule has 2 saturated carbocycles. The predicted octanol–water partition coefficient (Wildman–Crippen LogP) is 2.02. The van der Waals surface area contributed by atoms with Crippen molar-refractivity contribution >= 4 is 29.2 Å². The van der Waals surface area contributed by atoms with Crippen LogP contribution >= 0.6 is 11.8 Å². The second kappa shape index (κ2) is 5.80. The van der Waals surface area contributed by atoms with E-state index in [2.05, 4.69) is 10.3 Å². The normalized spacial score (nSPS) is 40.6. The van der Waals surface area contributed by atoms with E-state index in [0.29, 0.717) is 12.0 Å². The number of amides is 2. The molecule has 5 nitrogen and oxygen atoms in total. The van der Waals surface area contributed by atoms with Gasteiger partial charge in [-0.25, -0.2) is 0 Å². The van der Waals surface area contributed by atoms with Crippen LogP contribution in [-0.2, 0) is 9.59 Å². The van der Waals surface area contributed by atoms with Crippen LogP contribution in [0.2, 0.25) is 0 Å². The van der Waals surface area contributed by atoms with Crippen LogP contribution in [0.5, 0.6) is 0 Å². The van der Waals surface area contributed by atoms with Gasteiger partial charge in [-0.15, -0.1) is 0 Å². The number of rotatable bonds is 3. The van der Waals surface area contributed by atoms with Gasteiger partial charge in [0, 0.05) is 19.1 Å². The molecular formula is C17H25N3O2S. The Kier molecular flexibility index (Phi) is 3.90. The maximum absolute atomic E-state index is 12.6. The zero-order valence-corrected chi connectivity index (χ0v) is 14.5. The maximum Gasteiger partial charge on any atom is 0.264 e. The number of carbonyl (C=O) groups excluding carboxylic acids is 2. The highest BCUT2D eigenvalue weighted by molar-refractivity contribution is 8.16. The van der Waals surface area contributed by atoms with E-state index < -0.39 is 4.75 Å². The average molecular weight is 335 g/mol. The van der Waals surface area contributed by atoms with E-state index in [1.54, 1.807) is 16.7 Å². The van der Waals surface area contributed by atoms with E-state index in [1.807, 2.05) is 6.92 Å². The van der Waals surface area contributed by atoms with Crippen molar-refractivity contribution in [1.82, 2.24) is 10.2 Å². The van der Waals surface area contributed by atoms with Gasteiger partial charge in [-0.2, -0.15) is 4.99 Å². The third-order valence-corrected chi connectivity index (χ3v) is 7.78. The first-order chi connectivity index (χ1) is 11.1. The molecule has 4 atom stereocenters. The fourth-order valence-electron chi connectivity index (χ4n) is 4.93. The lowest BCUT2D eigenvalue weighted by Crippen LogP contribution is -2.44. The Labute approximate surface area is 141 Å². The first-order valence-corrected chi connectivity index (χ1v) is 9.68. The third-order valence-electron chi connectivity index (χ3n) is 6.44. The quantitative estimate of drug-likeness (QED) is 0.802. The van der Waals surface area contributed by atoms with E-state index in [9.17, 15) is 9.59 Å². The second-order valence-corrected chi connectivity index (χ2v) is 9.21. The molecule has 4 rings (SSSR count). The maximum atomic E-state index is 12.6. The topological polar surface area (TPSA) is 61.8 Å². The van der Waals surface area contributed by atoms with E-state index in [-0.39, 0.29) is 5.91 Å². The lowest BCUT2D eigenvalue weighted by atomic mass is 9.84. The molecule has 1 N–H and O–H groups in total. The van der Waals surface area contributed by atoms with E-state index >= 15 is 0 Å². The molecule has 126 valence electrons. The predicted molar refractivity (Wildman–Crippen MR) is 91.2 cm³/mol. The number of thioether (sulfide) groups is 1. The largest absolute Gasteiger partial charge is 0.361 e. The smallest absolute Gasteiger partial charge is 0.264 e. The Morgan fingerprint density at radius 2 is 2.04 bits per heavy atom. The van der Waals surface area contributed by atoms with Gasteiger partial charge in [0.25, 0.3) is 5.91 Å².